The van der Waals surface area contributed by atoms with E-state index in [1.54, 1.807) is 0 Å². The summed E-state index contributed by atoms with van der Waals surface area (Å²) in [4.78, 5) is 25.5. The third kappa shape index (κ3) is 1.32. The number of carbonyl (C=O) groups excluding carboxylic acids is 2. The molecule has 114 valence electrons. The van der Waals surface area contributed by atoms with Gasteiger partial charge in [0.1, 0.15) is 0 Å². The first-order chi connectivity index (χ1) is 11.1. The van der Waals surface area contributed by atoms with Gasteiger partial charge in [-0.1, -0.05) is 55.0 Å². The SMILES string of the molecule is C[C@]12C[C@](c3ccccc3)(C3=C1CC=C3)[C@@H]1C(=O)C=CC(=O)[C@@H]12. The Morgan fingerprint density at radius 2 is 1.65 bits per heavy atom. The van der Waals surface area contributed by atoms with Crippen molar-refractivity contribution in [3.8, 4) is 0 Å². The van der Waals surface area contributed by atoms with Gasteiger partial charge in [0, 0.05) is 22.7 Å². The van der Waals surface area contributed by atoms with E-state index in [0.717, 1.165) is 12.8 Å². The van der Waals surface area contributed by atoms with Crippen LogP contribution in [0.4, 0.5) is 0 Å². The first-order valence-corrected chi connectivity index (χ1v) is 8.31. The second-order valence-electron chi connectivity index (χ2n) is 7.52. The van der Waals surface area contributed by atoms with Gasteiger partial charge in [0.25, 0.3) is 0 Å². The molecule has 1 saturated carbocycles. The number of carbonyl (C=O) groups is 2. The fourth-order valence-corrected chi connectivity index (χ4v) is 5.90. The molecule has 0 unspecified atom stereocenters. The highest BCUT2D eigenvalue weighted by atomic mass is 16.1. The van der Waals surface area contributed by atoms with E-state index in [-0.39, 0.29) is 34.2 Å². The van der Waals surface area contributed by atoms with Crippen molar-refractivity contribution in [1.82, 2.24) is 0 Å². The summed E-state index contributed by atoms with van der Waals surface area (Å²) < 4.78 is 0. The molecule has 0 heterocycles. The monoisotopic (exact) mass is 302 g/mol. The zero-order chi connectivity index (χ0) is 15.8. The molecule has 1 fully saturated rings. The minimum absolute atomic E-state index is 0.119. The zero-order valence-electron chi connectivity index (χ0n) is 13.1. The summed E-state index contributed by atoms with van der Waals surface area (Å²) in [5, 5.41) is 0. The van der Waals surface area contributed by atoms with E-state index in [1.807, 2.05) is 18.2 Å². The number of hydrogen-bond acceptors (Lipinski definition) is 2. The number of hydrogen-bond donors (Lipinski definition) is 0. The van der Waals surface area contributed by atoms with Gasteiger partial charge < -0.3 is 0 Å². The lowest BCUT2D eigenvalue weighted by Crippen LogP contribution is -2.46. The Kier molecular flexibility index (Phi) is 2.30. The van der Waals surface area contributed by atoms with E-state index in [1.165, 1.54) is 28.9 Å². The van der Waals surface area contributed by atoms with E-state index >= 15 is 0 Å². The summed E-state index contributed by atoms with van der Waals surface area (Å²) in [7, 11) is 0. The second kappa shape index (κ2) is 4.00. The maximum Gasteiger partial charge on any atom is 0.160 e. The topological polar surface area (TPSA) is 34.1 Å². The van der Waals surface area contributed by atoms with Gasteiger partial charge in [-0.25, -0.2) is 0 Å². The van der Waals surface area contributed by atoms with Crippen molar-refractivity contribution in [2.45, 2.75) is 25.2 Å². The van der Waals surface area contributed by atoms with E-state index < -0.39 is 0 Å². The van der Waals surface area contributed by atoms with Gasteiger partial charge in [0.05, 0.1) is 0 Å². The Bertz CT molecular complexity index is 842. The molecule has 4 aliphatic rings. The minimum atomic E-state index is -0.319. The van der Waals surface area contributed by atoms with Crippen LogP contribution in [0.5, 0.6) is 0 Å². The number of ketones is 2. The Morgan fingerprint density at radius 3 is 2.39 bits per heavy atom. The molecule has 5 rings (SSSR count). The van der Waals surface area contributed by atoms with E-state index in [0.29, 0.717) is 0 Å². The van der Waals surface area contributed by atoms with Crippen molar-refractivity contribution in [2.24, 2.45) is 17.3 Å². The predicted octanol–water partition coefficient (Wildman–Crippen LogP) is 3.54. The molecular formula is C21H18O2. The number of benzene rings is 1. The first kappa shape index (κ1) is 13.2. The summed E-state index contributed by atoms with van der Waals surface area (Å²) in [6.07, 6.45) is 9.23. The van der Waals surface area contributed by atoms with Gasteiger partial charge in [-0.15, -0.1) is 0 Å². The van der Waals surface area contributed by atoms with Gasteiger partial charge in [-0.05, 0) is 36.1 Å². The van der Waals surface area contributed by atoms with Crippen LogP contribution in [0.2, 0.25) is 0 Å². The molecule has 23 heavy (non-hydrogen) atoms. The van der Waals surface area contributed by atoms with Crippen molar-refractivity contribution in [2.75, 3.05) is 0 Å². The minimum Gasteiger partial charge on any atom is -0.294 e. The van der Waals surface area contributed by atoms with Gasteiger partial charge in [0.15, 0.2) is 11.6 Å². The molecule has 0 aliphatic heterocycles. The highest BCUT2D eigenvalue weighted by Gasteiger charge is 2.71. The molecule has 0 saturated heterocycles. The summed E-state index contributed by atoms with van der Waals surface area (Å²) in [6.45, 7) is 2.20. The fraction of sp³-hybridized carbons (Fsp3) is 0.333. The molecule has 2 bridgehead atoms. The van der Waals surface area contributed by atoms with Crippen LogP contribution >= 0.6 is 0 Å². The van der Waals surface area contributed by atoms with Crippen LogP contribution < -0.4 is 0 Å². The van der Waals surface area contributed by atoms with Crippen LogP contribution in [-0.4, -0.2) is 11.6 Å². The molecule has 2 heteroatoms. The average molecular weight is 302 g/mol. The molecule has 0 radical (unpaired) electrons. The van der Waals surface area contributed by atoms with Gasteiger partial charge in [-0.3, -0.25) is 9.59 Å². The van der Waals surface area contributed by atoms with Crippen LogP contribution in [-0.2, 0) is 15.0 Å². The van der Waals surface area contributed by atoms with Crippen LogP contribution in [0.3, 0.4) is 0 Å². The van der Waals surface area contributed by atoms with Crippen LogP contribution in [0.1, 0.15) is 25.3 Å². The standard InChI is InChI=1S/C21H18O2/c1-20-12-21(13-6-3-2-4-7-13,15-9-5-8-14(15)20)19-17(23)11-10-16(22)18(19)20/h2-7,9-11,18-19H,8,12H2,1H3/t18-,19+,20-,21-/m0/s1. The van der Waals surface area contributed by atoms with Gasteiger partial charge >= 0.3 is 0 Å². The van der Waals surface area contributed by atoms with Crippen molar-refractivity contribution in [1.29, 1.82) is 0 Å². The van der Waals surface area contributed by atoms with Crippen molar-refractivity contribution < 1.29 is 9.59 Å². The van der Waals surface area contributed by atoms with E-state index in [4.69, 9.17) is 0 Å². The number of fused-ring (bicyclic) bond motifs is 7. The third-order valence-corrected chi connectivity index (χ3v) is 6.61. The van der Waals surface area contributed by atoms with Gasteiger partial charge in [-0.2, -0.15) is 0 Å². The molecule has 1 aromatic rings. The Labute approximate surface area is 135 Å². The summed E-state index contributed by atoms with van der Waals surface area (Å²) in [5.74, 6) is -0.185. The largest absolute Gasteiger partial charge is 0.294 e. The van der Waals surface area contributed by atoms with E-state index in [9.17, 15) is 9.59 Å². The Hall–Kier alpha value is -2.22. The molecule has 0 N–H and O–H groups in total. The van der Waals surface area contributed by atoms with Crippen LogP contribution in [0.15, 0.2) is 65.8 Å². The lowest BCUT2D eigenvalue weighted by atomic mass is 9.59. The third-order valence-electron chi connectivity index (χ3n) is 6.61. The Morgan fingerprint density at radius 1 is 0.957 bits per heavy atom. The normalized spacial score (nSPS) is 40.0. The summed E-state index contributed by atoms with van der Waals surface area (Å²) in [6, 6.07) is 10.3. The molecule has 0 spiro atoms. The number of allylic oxidation sites excluding steroid dienone is 6. The quantitative estimate of drug-likeness (QED) is 0.795. The van der Waals surface area contributed by atoms with Crippen molar-refractivity contribution in [3.05, 3.63) is 71.3 Å². The molecular weight excluding hydrogens is 284 g/mol. The zero-order valence-corrected chi connectivity index (χ0v) is 13.1. The van der Waals surface area contributed by atoms with Crippen molar-refractivity contribution >= 4 is 11.6 Å². The fourth-order valence-electron chi connectivity index (χ4n) is 5.90. The van der Waals surface area contributed by atoms with Crippen LogP contribution in [0.25, 0.3) is 0 Å². The highest BCUT2D eigenvalue weighted by molar-refractivity contribution is 6.10. The first-order valence-electron chi connectivity index (χ1n) is 8.31. The van der Waals surface area contributed by atoms with Crippen molar-refractivity contribution in [3.63, 3.8) is 0 Å². The predicted molar refractivity (Wildman–Crippen MR) is 87.8 cm³/mol. The summed E-state index contributed by atoms with van der Waals surface area (Å²) in [5.41, 5.74) is 3.38. The molecule has 0 amide bonds. The molecule has 0 aromatic heterocycles. The molecule has 4 atom stereocenters. The summed E-state index contributed by atoms with van der Waals surface area (Å²) >= 11 is 0. The van der Waals surface area contributed by atoms with E-state index in [2.05, 4.69) is 31.2 Å². The van der Waals surface area contributed by atoms with Gasteiger partial charge in [0.2, 0.25) is 0 Å². The Balaban J connectivity index is 1.85. The molecule has 1 aromatic carbocycles. The number of rotatable bonds is 1. The van der Waals surface area contributed by atoms with Crippen LogP contribution in [0, 0.1) is 17.3 Å². The lowest BCUT2D eigenvalue weighted by Gasteiger charge is -2.42. The smallest absolute Gasteiger partial charge is 0.160 e. The molecule has 4 aliphatic carbocycles. The second-order valence-corrected chi connectivity index (χ2v) is 7.52. The average Bonchev–Trinajstić information content (AvgIpc) is 3.20. The maximum atomic E-state index is 12.8. The molecule has 2 nitrogen and oxygen atoms in total. The highest BCUT2D eigenvalue weighted by Crippen LogP contribution is 2.72. The lowest BCUT2D eigenvalue weighted by molar-refractivity contribution is -0.131. The maximum absolute atomic E-state index is 12.8.